The van der Waals surface area contributed by atoms with Gasteiger partial charge in [-0.25, -0.2) is 0 Å². The van der Waals surface area contributed by atoms with Crippen molar-refractivity contribution in [1.29, 1.82) is 0 Å². The summed E-state index contributed by atoms with van der Waals surface area (Å²) in [7, 11) is 0. The van der Waals surface area contributed by atoms with Crippen LogP contribution < -0.4 is 10.1 Å². The van der Waals surface area contributed by atoms with Crippen LogP contribution in [0.2, 0.25) is 0 Å². The first-order chi connectivity index (χ1) is 9.08. The number of alkyl halides is 2. The van der Waals surface area contributed by atoms with Crippen LogP contribution in [0.25, 0.3) is 0 Å². The Kier molecular flexibility index (Phi) is 4.31. The van der Waals surface area contributed by atoms with E-state index in [4.69, 9.17) is 0 Å². The number of benzene rings is 1. The van der Waals surface area contributed by atoms with E-state index in [-0.39, 0.29) is 17.7 Å². The lowest BCUT2D eigenvalue weighted by Gasteiger charge is -2.34. The minimum absolute atomic E-state index is 0.0555. The molecule has 0 aromatic heterocycles. The molecule has 1 heterocycles. The maximum absolute atomic E-state index is 12.3. The van der Waals surface area contributed by atoms with E-state index in [1.807, 2.05) is 6.92 Å². The molecule has 104 valence electrons. The van der Waals surface area contributed by atoms with Crippen LogP contribution in [0.5, 0.6) is 5.75 Å². The molecule has 1 aliphatic rings. The second kappa shape index (κ2) is 5.97. The van der Waals surface area contributed by atoms with Gasteiger partial charge in [0.25, 0.3) is 5.91 Å². The van der Waals surface area contributed by atoms with Gasteiger partial charge in [0, 0.05) is 31.2 Å². The summed E-state index contributed by atoms with van der Waals surface area (Å²) < 4.78 is 28.3. The number of nitrogens with zero attached hydrogens (tertiary/aromatic N) is 1. The number of hydrogen-bond donors (Lipinski definition) is 1. The smallest absolute Gasteiger partial charge is 0.387 e. The second-order valence-corrected chi connectivity index (χ2v) is 4.45. The number of ether oxygens (including phenoxy) is 1. The number of rotatable bonds is 3. The first-order valence-corrected chi connectivity index (χ1v) is 6.14. The van der Waals surface area contributed by atoms with Crippen LogP contribution in [-0.2, 0) is 0 Å². The summed E-state index contributed by atoms with van der Waals surface area (Å²) in [5.74, 6) is -0.0301. The molecule has 4 nitrogen and oxygen atoms in total. The second-order valence-electron chi connectivity index (χ2n) is 4.45. The highest BCUT2D eigenvalue weighted by Gasteiger charge is 2.23. The van der Waals surface area contributed by atoms with Gasteiger partial charge >= 0.3 is 6.61 Å². The molecule has 0 bridgehead atoms. The minimum atomic E-state index is -2.85. The van der Waals surface area contributed by atoms with Gasteiger partial charge in [-0.15, -0.1) is 0 Å². The normalized spacial score (nSPS) is 19.6. The molecular formula is C13H16F2N2O2. The van der Waals surface area contributed by atoms with Gasteiger partial charge in [-0.3, -0.25) is 4.79 Å². The van der Waals surface area contributed by atoms with Crippen molar-refractivity contribution in [3.05, 3.63) is 29.8 Å². The van der Waals surface area contributed by atoms with Crippen molar-refractivity contribution in [2.45, 2.75) is 19.6 Å². The standard InChI is InChI=1S/C13H16F2N2O2/c1-9-8-16-6-7-17(9)12(18)10-2-4-11(5-3-10)19-13(14)15/h2-5,9,13,16H,6-8H2,1H3. The SMILES string of the molecule is CC1CNCCN1C(=O)c1ccc(OC(F)F)cc1. The van der Waals surface area contributed by atoms with Gasteiger partial charge < -0.3 is 15.0 Å². The molecule has 0 aliphatic carbocycles. The lowest BCUT2D eigenvalue weighted by molar-refractivity contribution is -0.0498. The fraction of sp³-hybridized carbons (Fsp3) is 0.462. The molecule has 1 aromatic rings. The van der Waals surface area contributed by atoms with Crippen molar-refractivity contribution in [2.24, 2.45) is 0 Å². The zero-order valence-electron chi connectivity index (χ0n) is 10.6. The third-order valence-corrected chi connectivity index (χ3v) is 3.09. The van der Waals surface area contributed by atoms with Crippen LogP contribution in [0.3, 0.4) is 0 Å². The van der Waals surface area contributed by atoms with E-state index in [0.717, 1.165) is 13.1 Å². The average Bonchev–Trinajstić information content (AvgIpc) is 2.39. The zero-order chi connectivity index (χ0) is 13.8. The zero-order valence-corrected chi connectivity index (χ0v) is 10.6. The van der Waals surface area contributed by atoms with Crippen molar-refractivity contribution in [2.75, 3.05) is 19.6 Å². The maximum Gasteiger partial charge on any atom is 0.387 e. The molecule has 19 heavy (non-hydrogen) atoms. The molecule has 6 heteroatoms. The van der Waals surface area contributed by atoms with E-state index >= 15 is 0 Å². The molecule has 1 atom stereocenters. The first kappa shape index (κ1) is 13.7. The molecule has 1 N–H and O–H groups in total. The molecule has 2 rings (SSSR count). The lowest BCUT2D eigenvalue weighted by Crippen LogP contribution is -2.52. The number of halogens is 2. The van der Waals surface area contributed by atoms with Gasteiger partial charge in [0.15, 0.2) is 0 Å². The predicted molar refractivity (Wildman–Crippen MR) is 66.4 cm³/mol. The number of piperazine rings is 1. The molecular weight excluding hydrogens is 254 g/mol. The third kappa shape index (κ3) is 3.41. The number of amides is 1. The topological polar surface area (TPSA) is 41.6 Å². The Labute approximate surface area is 110 Å². The van der Waals surface area contributed by atoms with E-state index < -0.39 is 6.61 Å². The van der Waals surface area contributed by atoms with Crippen molar-refractivity contribution < 1.29 is 18.3 Å². The van der Waals surface area contributed by atoms with Crippen LogP contribution in [0, 0.1) is 0 Å². The highest BCUT2D eigenvalue weighted by atomic mass is 19.3. The Hall–Kier alpha value is -1.69. The predicted octanol–water partition coefficient (Wildman–Crippen LogP) is 1.72. The molecule has 1 saturated heterocycles. The summed E-state index contributed by atoms with van der Waals surface area (Å²) in [4.78, 5) is 14.0. The lowest BCUT2D eigenvalue weighted by atomic mass is 10.1. The number of hydrogen-bond acceptors (Lipinski definition) is 3. The summed E-state index contributed by atoms with van der Waals surface area (Å²) >= 11 is 0. The van der Waals surface area contributed by atoms with Crippen molar-refractivity contribution in [3.8, 4) is 5.75 Å². The summed E-state index contributed by atoms with van der Waals surface area (Å²) in [6.07, 6.45) is 0. The summed E-state index contributed by atoms with van der Waals surface area (Å²) in [5, 5.41) is 3.20. The van der Waals surface area contributed by atoms with Gasteiger partial charge in [-0.05, 0) is 31.2 Å². The molecule has 1 aromatic carbocycles. The Morgan fingerprint density at radius 1 is 1.42 bits per heavy atom. The third-order valence-electron chi connectivity index (χ3n) is 3.09. The number of carbonyl (C=O) groups is 1. The molecule has 1 unspecified atom stereocenters. The van der Waals surface area contributed by atoms with Crippen molar-refractivity contribution >= 4 is 5.91 Å². The fourth-order valence-corrected chi connectivity index (χ4v) is 2.09. The largest absolute Gasteiger partial charge is 0.435 e. The average molecular weight is 270 g/mol. The molecule has 1 aliphatic heterocycles. The Balaban J connectivity index is 2.06. The summed E-state index contributed by atoms with van der Waals surface area (Å²) in [6.45, 7) is 1.30. The minimum Gasteiger partial charge on any atom is -0.435 e. The quantitative estimate of drug-likeness (QED) is 0.909. The molecule has 1 amide bonds. The summed E-state index contributed by atoms with van der Waals surface area (Å²) in [6, 6.07) is 5.90. The maximum atomic E-state index is 12.3. The van der Waals surface area contributed by atoms with E-state index in [9.17, 15) is 13.6 Å². The molecule has 1 fully saturated rings. The number of carbonyl (C=O) groups excluding carboxylic acids is 1. The van der Waals surface area contributed by atoms with Crippen LogP contribution in [0.15, 0.2) is 24.3 Å². The Morgan fingerprint density at radius 3 is 2.68 bits per heavy atom. The fourth-order valence-electron chi connectivity index (χ4n) is 2.09. The van der Waals surface area contributed by atoms with Crippen molar-refractivity contribution in [1.82, 2.24) is 10.2 Å². The van der Waals surface area contributed by atoms with E-state index in [1.54, 1.807) is 4.90 Å². The molecule has 0 radical (unpaired) electrons. The van der Waals surface area contributed by atoms with Gasteiger partial charge in [0.05, 0.1) is 0 Å². The number of nitrogens with one attached hydrogen (secondary N) is 1. The monoisotopic (exact) mass is 270 g/mol. The van der Waals surface area contributed by atoms with Gasteiger partial charge in [0.1, 0.15) is 5.75 Å². The van der Waals surface area contributed by atoms with Crippen LogP contribution in [0.1, 0.15) is 17.3 Å². The molecule has 0 spiro atoms. The van der Waals surface area contributed by atoms with Gasteiger partial charge in [0.2, 0.25) is 0 Å². The van der Waals surface area contributed by atoms with Gasteiger partial charge in [-0.2, -0.15) is 8.78 Å². The Morgan fingerprint density at radius 2 is 2.11 bits per heavy atom. The van der Waals surface area contributed by atoms with Crippen LogP contribution in [-0.4, -0.2) is 43.1 Å². The molecule has 0 saturated carbocycles. The highest BCUT2D eigenvalue weighted by molar-refractivity contribution is 5.94. The highest BCUT2D eigenvalue weighted by Crippen LogP contribution is 2.17. The van der Waals surface area contributed by atoms with Crippen molar-refractivity contribution in [3.63, 3.8) is 0 Å². The van der Waals surface area contributed by atoms with Crippen LogP contribution in [0.4, 0.5) is 8.78 Å². The first-order valence-electron chi connectivity index (χ1n) is 6.14. The van der Waals surface area contributed by atoms with E-state index in [2.05, 4.69) is 10.1 Å². The Bertz CT molecular complexity index is 437. The van der Waals surface area contributed by atoms with Gasteiger partial charge in [-0.1, -0.05) is 0 Å². The van der Waals surface area contributed by atoms with E-state index in [0.29, 0.717) is 12.1 Å². The van der Waals surface area contributed by atoms with E-state index in [1.165, 1.54) is 24.3 Å². The summed E-state index contributed by atoms with van der Waals surface area (Å²) in [5.41, 5.74) is 0.482. The van der Waals surface area contributed by atoms with Crippen LogP contribution >= 0.6 is 0 Å².